The Hall–Kier alpha value is -3.75. The lowest BCUT2D eigenvalue weighted by Crippen LogP contribution is -2.36. The van der Waals surface area contributed by atoms with Gasteiger partial charge < -0.3 is 5.73 Å². The van der Waals surface area contributed by atoms with Gasteiger partial charge in [-0.2, -0.15) is 5.10 Å². The zero-order valence-electron chi connectivity index (χ0n) is 14.4. The van der Waals surface area contributed by atoms with Crippen LogP contribution < -0.4 is 15.6 Å². The van der Waals surface area contributed by atoms with Crippen LogP contribution in [0.4, 0.5) is 0 Å². The minimum Gasteiger partial charge on any atom is -0.364 e. The molecule has 0 bridgehead atoms. The van der Waals surface area contributed by atoms with Crippen molar-refractivity contribution in [2.45, 2.75) is 6.92 Å². The Morgan fingerprint density at radius 2 is 2.00 bits per heavy atom. The van der Waals surface area contributed by atoms with Crippen LogP contribution in [0.25, 0.3) is 16.9 Å². The molecule has 0 amide bonds. The number of nitrogens with one attached hydrogen (secondary N) is 1. The van der Waals surface area contributed by atoms with Crippen LogP contribution in [0.15, 0.2) is 59.0 Å². The topological polar surface area (TPSA) is 112 Å². The van der Waals surface area contributed by atoms with Crippen molar-refractivity contribution in [2.24, 2.45) is 23.0 Å². The molecule has 0 radical (unpaired) electrons. The molecule has 0 unspecified atom stereocenters. The van der Waals surface area contributed by atoms with Gasteiger partial charge in [0.15, 0.2) is 5.69 Å². The first-order valence-corrected chi connectivity index (χ1v) is 7.81. The number of nitrogens with zero attached hydrogens (tertiary/aromatic N) is 5. The summed E-state index contributed by atoms with van der Waals surface area (Å²) in [5.74, 6) is -0.321. The molecule has 26 heavy (non-hydrogen) atoms. The average Bonchev–Trinajstić information content (AvgIpc) is 2.91. The Balaban J connectivity index is 1.82. The Labute approximate surface area is 149 Å². The van der Waals surface area contributed by atoms with Crippen molar-refractivity contribution in [3.8, 4) is 11.3 Å². The minimum absolute atomic E-state index is 0.321. The maximum absolute atomic E-state index is 10.3. The molecule has 0 atom stereocenters. The summed E-state index contributed by atoms with van der Waals surface area (Å²) < 4.78 is 4.23. The number of imidazole rings is 1. The number of hydrogen-bond donors (Lipinski definition) is 3. The molecule has 132 valence electrons. The Morgan fingerprint density at radius 1 is 1.27 bits per heavy atom. The van der Waals surface area contributed by atoms with Gasteiger partial charge in [-0.25, -0.2) is 14.2 Å². The quantitative estimate of drug-likeness (QED) is 0.282. The summed E-state index contributed by atoms with van der Waals surface area (Å²) in [5.41, 5.74) is 12.4. The third-order valence-corrected chi connectivity index (χ3v) is 3.86. The van der Waals surface area contributed by atoms with Crippen LogP contribution in [-0.2, 0) is 7.05 Å². The monoisotopic (exact) mass is 353 g/mol. The molecule has 3 aromatic rings. The molecular formula is C17H19N7O2+2. The molecular weight excluding hydrogens is 334 g/mol. The van der Waals surface area contributed by atoms with Gasteiger partial charge in [-0.1, -0.05) is 12.1 Å². The highest BCUT2D eigenvalue weighted by Crippen LogP contribution is 2.20. The number of hydrogen-bond acceptors (Lipinski definition) is 3. The standard InChI is InChI=1S/C17H19N7O2/c1-12-3-8-16-22(2)15(11-23(16)10-12)14-6-4-13(5-7-14)9-19-20-17(18)21-24(25)26/h3-11H,1-2H3,(H,25,26)(H3,18,20,21)/q+2/b19-9-. The third kappa shape index (κ3) is 3.66. The van der Waals surface area contributed by atoms with E-state index in [1.54, 1.807) is 0 Å². The molecule has 0 saturated heterocycles. The zero-order chi connectivity index (χ0) is 18.7. The Kier molecular flexibility index (Phi) is 4.61. The summed E-state index contributed by atoms with van der Waals surface area (Å²) in [7, 11) is 2.03. The maximum Gasteiger partial charge on any atom is 0.362 e. The van der Waals surface area contributed by atoms with Gasteiger partial charge in [0, 0.05) is 11.6 Å². The fourth-order valence-electron chi connectivity index (χ4n) is 2.64. The number of aryl methyl sites for hydroxylation is 2. The summed E-state index contributed by atoms with van der Waals surface area (Å²) >= 11 is 0. The van der Waals surface area contributed by atoms with E-state index in [4.69, 9.17) is 10.9 Å². The number of rotatable bonds is 4. The third-order valence-electron chi connectivity index (χ3n) is 3.86. The van der Waals surface area contributed by atoms with Gasteiger partial charge in [0.25, 0.3) is 11.6 Å². The highest BCUT2D eigenvalue weighted by atomic mass is 16.7. The van der Waals surface area contributed by atoms with E-state index < -0.39 is 5.03 Å². The van der Waals surface area contributed by atoms with Gasteiger partial charge in [-0.3, -0.25) is 0 Å². The van der Waals surface area contributed by atoms with E-state index in [1.807, 2.05) is 36.7 Å². The summed E-state index contributed by atoms with van der Waals surface area (Å²) in [6, 6.07) is 12.0. The summed E-state index contributed by atoms with van der Waals surface area (Å²) in [5, 5.41) is 15.2. The lowest BCUT2D eigenvalue weighted by Gasteiger charge is -1.98. The first kappa shape index (κ1) is 17.1. The predicted octanol–water partition coefficient (Wildman–Crippen LogP) is 1.06. The van der Waals surface area contributed by atoms with Crippen LogP contribution >= 0.6 is 0 Å². The van der Waals surface area contributed by atoms with Crippen LogP contribution in [0.3, 0.4) is 0 Å². The highest BCUT2D eigenvalue weighted by molar-refractivity contribution is 5.82. The van der Waals surface area contributed by atoms with E-state index in [2.05, 4.69) is 50.6 Å². The fourth-order valence-corrected chi connectivity index (χ4v) is 2.64. The zero-order valence-corrected chi connectivity index (χ0v) is 14.4. The molecule has 4 N–H and O–H groups in total. The predicted molar refractivity (Wildman–Crippen MR) is 96.5 cm³/mol. The molecule has 9 nitrogen and oxygen atoms in total. The van der Waals surface area contributed by atoms with Crippen molar-refractivity contribution in [3.63, 3.8) is 0 Å². The molecule has 0 saturated carbocycles. The van der Waals surface area contributed by atoms with Crippen molar-refractivity contribution in [1.82, 2.24) is 9.99 Å². The Morgan fingerprint density at radius 3 is 2.69 bits per heavy atom. The van der Waals surface area contributed by atoms with E-state index in [0.717, 1.165) is 22.5 Å². The summed E-state index contributed by atoms with van der Waals surface area (Å²) in [6.45, 7) is 2.06. The molecule has 0 aliphatic rings. The van der Waals surface area contributed by atoms with E-state index in [0.29, 0.717) is 0 Å². The second kappa shape index (κ2) is 7.01. The Bertz CT molecular complexity index is 1020. The first-order valence-electron chi connectivity index (χ1n) is 7.81. The van der Waals surface area contributed by atoms with Gasteiger partial charge in [-0.05, 0) is 41.7 Å². The lowest BCUT2D eigenvalue weighted by molar-refractivity contribution is -0.822. The highest BCUT2D eigenvalue weighted by Gasteiger charge is 2.15. The number of guanidine groups is 1. The average molecular weight is 353 g/mol. The van der Waals surface area contributed by atoms with E-state index in [1.165, 1.54) is 11.8 Å². The lowest BCUT2D eigenvalue weighted by atomic mass is 10.1. The van der Waals surface area contributed by atoms with Crippen molar-refractivity contribution >= 4 is 17.8 Å². The van der Waals surface area contributed by atoms with Gasteiger partial charge in [0.1, 0.15) is 11.1 Å². The van der Waals surface area contributed by atoms with Crippen LogP contribution in [-0.4, -0.2) is 27.0 Å². The number of aromatic nitrogens is 2. The smallest absolute Gasteiger partial charge is 0.362 e. The molecule has 3 rings (SSSR count). The van der Waals surface area contributed by atoms with Crippen molar-refractivity contribution in [3.05, 3.63) is 64.8 Å². The van der Waals surface area contributed by atoms with Gasteiger partial charge in [-0.15, -0.1) is 5.10 Å². The molecule has 2 aromatic heterocycles. The summed E-state index contributed by atoms with van der Waals surface area (Å²) in [6.07, 6.45) is 5.67. The van der Waals surface area contributed by atoms with Crippen molar-refractivity contribution < 1.29 is 14.6 Å². The fraction of sp³-hybridized carbons (Fsp3) is 0.118. The van der Waals surface area contributed by atoms with Crippen molar-refractivity contribution in [2.75, 3.05) is 0 Å². The normalized spacial score (nSPS) is 12.0. The largest absolute Gasteiger partial charge is 0.364 e. The molecule has 0 aliphatic heterocycles. The van der Waals surface area contributed by atoms with E-state index in [9.17, 15) is 4.91 Å². The SMILES string of the molecule is Cc1ccc2n(C)c(-c3ccc(/C=N\N=C(N)N[N+](=O)O)cc3)c[n+]2c1. The summed E-state index contributed by atoms with van der Waals surface area (Å²) in [4.78, 5) is 10.3. The number of fused-ring (bicyclic) bond motifs is 1. The number of benzene rings is 1. The second-order valence-electron chi connectivity index (χ2n) is 5.78. The number of pyridine rings is 1. The van der Waals surface area contributed by atoms with Crippen LogP contribution in [0.1, 0.15) is 11.1 Å². The maximum atomic E-state index is 10.3. The van der Waals surface area contributed by atoms with Crippen molar-refractivity contribution in [1.29, 1.82) is 0 Å². The van der Waals surface area contributed by atoms with Crippen LogP contribution in [0.2, 0.25) is 0 Å². The molecule has 0 spiro atoms. The van der Waals surface area contributed by atoms with Crippen LogP contribution in [0, 0.1) is 11.8 Å². The van der Waals surface area contributed by atoms with E-state index in [-0.39, 0.29) is 5.96 Å². The molecule has 0 fully saturated rings. The van der Waals surface area contributed by atoms with Gasteiger partial charge in [0.2, 0.25) is 0 Å². The van der Waals surface area contributed by atoms with Gasteiger partial charge in [0.05, 0.1) is 19.5 Å². The second-order valence-corrected chi connectivity index (χ2v) is 5.78. The first-order chi connectivity index (χ1) is 12.4. The van der Waals surface area contributed by atoms with Crippen LogP contribution in [0.5, 0.6) is 0 Å². The van der Waals surface area contributed by atoms with Gasteiger partial charge >= 0.3 is 5.03 Å². The minimum atomic E-state index is -0.549. The molecule has 1 aromatic carbocycles. The number of hydrazine groups is 1. The number of nitrogens with two attached hydrogens (primary N) is 1. The molecule has 0 aliphatic carbocycles. The molecule has 2 heterocycles. The van der Waals surface area contributed by atoms with E-state index >= 15 is 0 Å². The molecule has 9 heteroatoms.